The van der Waals surface area contributed by atoms with E-state index in [1.165, 1.54) is 0 Å². The molecule has 5 rings (SSSR count). The molecule has 224 valence electrons. The molecule has 2 aliphatic rings. The van der Waals surface area contributed by atoms with Crippen LogP contribution in [0.2, 0.25) is 0 Å². The topological polar surface area (TPSA) is 97.0 Å². The largest absolute Gasteiger partial charge is 0.314 e. The van der Waals surface area contributed by atoms with Gasteiger partial charge in [-0.05, 0) is 80.2 Å². The number of rotatable bonds is 9. The quantitative estimate of drug-likeness (QED) is 0.271. The number of benzene rings is 3. The monoisotopic (exact) mass is 584 g/mol. The minimum absolute atomic E-state index is 0.0488. The summed E-state index contributed by atoms with van der Waals surface area (Å²) in [5.74, 6) is 0.260. The van der Waals surface area contributed by atoms with Crippen LogP contribution in [-0.2, 0) is 21.5 Å². The average molecular weight is 585 g/mol. The fraction of sp³-hybridized carbons (Fsp3) is 0.368. The number of amides is 1. The number of nitrogens with zero attached hydrogens (tertiary/aromatic N) is 3. The smallest absolute Gasteiger partial charge is 0.227 e. The van der Waals surface area contributed by atoms with Crippen LogP contribution in [0.3, 0.4) is 0 Å². The normalized spacial score (nSPS) is 23.8. The van der Waals surface area contributed by atoms with Crippen LogP contribution in [0.5, 0.6) is 0 Å². The van der Waals surface area contributed by atoms with Crippen molar-refractivity contribution >= 4 is 17.3 Å². The number of nitriles is 2. The first-order valence-corrected chi connectivity index (χ1v) is 15.8. The lowest BCUT2D eigenvalue weighted by Crippen LogP contribution is -2.40. The van der Waals surface area contributed by atoms with Gasteiger partial charge in [-0.3, -0.25) is 9.59 Å². The van der Waals surface area contributed by atoms with E-state index in [0.717, 1.165) is 61.8 Å². The third-order valence-corrected chi connectivity index (χ3v) is 9.27. The number of hydrogen-bond donors (Lipinski definition) is 1. The summed E-state index contributed by atoms with van der Waals surface area (Å²) in [4.78, 5) is 28.9. The first kappa shape index (κ1) is 30.9. The maximum atomic E-state index is 13.7. The van der Waals surface area contributed by atoms with Crippen molar-refractivity contribution in [2.45, 2.75) is 75.8 Å². The van der Waals surface area contributed by atoms with Gasteiger partial charge in [0.05, 0.1) is 29.7 Å². The number of carbonyl (C=O) groups excluding carboxylic acids is 2. The van der Waals surface area contributed by atoms with E-state index < -0.39 is 5.41 Å². The summed E-state index contributed by atoms with van der Waals surface area (Å²) >= 11 is 0. The molecule has 6 heteroatoms. The number of allylic oxidation sites excluding steroid dienone is 1. The SMILES string of the molecule is N#Cc1ccccc1C1(C#N)CCC(NCCCC2CCC(=O)/C(c3ccccc3)=C\N(Cc3ccccc3)C(=O)C2)CC1. The van der Waals surface area contributed by atoms with Crippen LogP contribution in [0.25, 0.3) is 5.57 Å². The van der Waals surface area contributed by atoms with Crippen LogP contribution in [0.4, 0.5) is 0 Å². The van der Waals surface area contributed by atoms with Gasteiger partial charge in [0, 0.05) is 30.7 Å². The molecule has 0 aromatic heterocycles. The van der Waals surface area contributed by atoms with E-state index in [4.69, 9.17) is 0 Å². The molecule has 1 N–H and O–H groups in total. The summed E-state index contributed by atoms with van der Waals surface area (Å²) in [7, 11) is 0. The van der Waals surface area contributed by atoms with Crippen molar-refractivity contribution in [2.24, 2.45) is 5.92 Å². The van der Waals surface area contributed by atoms with Gasteiger partial charge >= 0.3 is 0 Å². The molecule has 0 spiro atoms. The lowest BCUT2D eigenvalue weighted by atomic mass is 9.68. The van der Waals surface area contributed by atoms with Crippen molar-refractivity contribution < 1.29 is 9.59 Å². The second-order valence-corrected chi connectivity index (χ2v) is 12.2. The number of hydrogen-bond acceptors (Lipinski definition) is 5. The number of nitrogens with one attached hydrogen (secondary N) is 1. The third kappa shape index (κ3) is 7.51. The number of Topliss-reactive ketones (excluding diaryl/α,β-unsaturated/α-hetero) is 1. The van der Waals surface area contributed by atoms with Crippen LogP contribution in [-0.4, -0.2) is 29.2 Å². The molecule has 1 fully saturated rings. The van der Waals surface area contributed by atoms with E-state index in [-0.39, 0.29) is 17.6 Å². The van der Waals surface area contributed by atoms with E-state index in [1.807, 2.05) is 78.9 Å². The van der Waals surface area contributed by atoms with Gasteiger partial charge < -0.3 is 10.2 Å². The zero-order valence-electron chi connectivity index (χ0n) is 25.3. The summed E-state index contributed by atoms with van der Waals surface area (Å²) in [5.41, 5.74) is 3.31. The molecule has 1 atom stereocenters. The third-order valence-electron chi connectivity index (χ3n) is 9.27. The van der Waals surface area contributed by atoms with Gasteiger partial charge in [-0.1, -0.05) is 78.9 Å². The Balaban J connectivity index is 1.18. The minimum Gasteiger partial charge on any atom is -0.314 e. The molecule has 1 unspecified atom stereocenters. The van der Waals surface area contributed by atoms with Crippen molar-refractivity contribution in [1.29, 1.82) is 10.5 Å². The zero-order chi connectivity index (χ0) is 30.8. The summed E-state index contributed by atoms with van der Waals surface area (Å²) in [5, 5.41) is 23.4. The second kappa shape index (κ2) is 14.8. The molecule has 1 aliphatic heterocycles. The molecule has 1 aliphatic carbocycles. The van der Waals surface area contributed by atoms with Gasteiger partial charge in [-0.2, -0.15) is 10.5 Å². The molecule has 1 amide bonds. The summed E-state index contributed by atoms with van der Waals surface area (Å²) in [6.45, 7) is 1.27. The van der Waals surface area contributed by atoms with Crippen LogP contribution in [0.15, 0.2) is 91.1 Å². The van der Waals surface area contributed by atoms with Crippen LogP contribution < -0.4 is 5.32 Å². The van der Waals surface area contributed by atoms with Crippen molar-refractivity contribution in [1.82, 2.24) is 10.2 Å². The van der Waals surface area contributed by atoms with Crippen LogP contribution in [0, 0.1) is 28.6 Å². The number of carbonyl (C=O) groups is 2. The van der Waals surface area contributed by atoms with Gasteiger partial charge in [0.25, 0.3) is 0 Å². The van der Waals surface area contributed by atoms with E-state index in [2.05, 4.69) is 17.5 Å². The Morgan fingerprint density at radius 2 is 1.55 bits per heavy atom. The highest BCUT2D eigenvalue weighted by atomic mass is 16.2. The lowest BCUT2D eigenvalue weighted by molar-refractivity contribution is -0.130. The summed E-state index contributed by atoms with van der Waals surface area (Å²) < 4.78 is 0. The average Bonchev–Trinajstić information content (AvgIpc) is 3.13. The van der Waals surface area contributed by atoms with E-state index in [1.54, 1.807) is 17.2 Å². The van der Waals surface area contributed by atoms with Crippen molar-refractivity contribution in [3.05, 3.63) is 113 Å². The van der Waals surface area contributed by atoms with E-state index >= 15 is 0 Å². The fourth-order valence-corrected chi connectivity index (χ4v) is 6.70. The minimum atomic E-state index is -0.604. The maximum Gasteiger partial charge on any atom is 0.227 e. The Hall–Kier alpha value is -4.52. The predicted octanol–water partition coefficient (Wildman–Crippen LogP) is 7.07. The first-order chi connectivity index (χ1) is 21.5. The fourth-order valence-electron chi connectivity index (χ4n) is 6.70. The molecule has 44 heavy (non-hydrogen) atoms. The Bertz CT molecular complexity index is 1540. The van der Waals surface area contributed by atoms with Crippen molar-refractivity contribution in [3.63, 3.8) is 0 Å². The van der Waals surface area contributed by atoms with Crippen molar-refractivity contribution in [3.8, 4) is 12.1 Å². The van der Waals surface area contributed by atoms with Gasteiger partial charge in [0.15, 0.2) is 5.78 Å². The Kier molecular flexibility index (Phi) is 10.4. The summed E-state index contributed by atoms with van der Waals surface area (Å²) in [6, 6.07) is 32.2. The molecular formula is C38H40N4O2. The van der Waals surface area contributed by atoms with Crippen LogP contribution >= 0.6 is 0 Å². The van der Waals surface area contributed by atoms with Crippen LogP contribution in [0.1, 0.15) is 80.0 Å². The number of ketones is 1. The molecule has 0 saturated heterocycles. The molecule has 0 bridgehead atoms. The molecule has 0 radical (unpaired) electrons. The van der Waals surface area contributed by atoms with Gasteiger partial charge in [0.1, 0.15) is 0 Å². The standard InChI is InChI=1S/C38H40N4O2/c39-25-32-15-7-8-16-35(32)38(28-40)21-19-33(20-22-38)41-23-9-12-29-17-18-36(43)34(31-13-5-2-6-14-31)27-42(37(44)24-29)26-30-10-3-1-4-11-30/h1-8,10-11,13-16,27,29,33,41H,9,12,17-24,26H2/b34-27-. The first-order valence-electron chi connectivity index (χ1n) is 15.8. The molecule has 1 heterocycles. The Labute approximate surface area is 261 Å². The second-order valence-electron chi connectivity index (χ2n) is 12.2. The maximum absolute atomic E-state index is 13.7. The summed E-state index contributed by atoms with van der Waals surface area (Å²) in [6.07, 6.45) is 8.33. The van der Waals surface area contributed by atoms with Gasteiger partial charge in [-0.15, -0.1) is 0 Å². The predicted molar refractivity (Wildman–Crippen MR) is 172 cm³/mol. The Morgan fingerprint density at radius 1 is 0.864 bits per heavy atom. The highest BCUT2D eigenvalue weighted by Gasteiger charge is 2.38. The Morgan fingerprint density at radius 3 is 2.25 bits per heavy atom. The molecule has 6 nitrogen and oxygen atoms in total. The molecule has 1 saturated carbocycles. The lowest BCUT2D eigenvalue weighted by Gasteiger charge is -2.36. The van der Waals surface area contributed by atoms with E-state index in [0.29, 0.717) is 43.0 Å². The molecule has 3 aromatic rings. The van der Waals surface area contributed by atoms with E-state index in [9.17, 15) is 20.1 Å². The van der Waals surface area contributed by atoms with Crippen molar-refractivity contribution in [2.75, 3.05) is 6.54 Å². The zero-order valence-corrected chi connectivity index (χ0v) is 25.3. The van der Waals surface area contributed by atoms with Gasteiger partial charge in [0.2, 0.25) is 5.91 Å². The molecular weight excluding hydrogens is 544 g/mol. The highest BCUT2D eigenvalue weighted by molar-refractivity contribution is 6.21. The molecule has 3 aromatic carbocycles. The highest BCUT2D eigenvalue weighted by Crippen LogP contribution is 2.40. The van der Waals surface area contributed by atoms with Gasteiger partial charge in [-0.25, -0.2) is 0 Å².